The fraction of sp³-hybridized carbons (Fsp3) is 0.357. The van der Waals surface area contributed by atoms with E-state index in [1.165, 1.54) is 11.8 Å². The molecule has 1 aliphatic rings. The van der Waals surface area contributed by atoms with Crippen molar-refractivity contribution < 1.29 is 4.79 Å². The second-order valence-corrected chi connectivity index (χ2v) is 6.18. The number of carbonyl (C=O) groups excluding carboxylic acids is 1. The van der Waals surface area contributed by atoms with Crippen molar-refractivity contribution >= 4 is 17.7 Å². The van der Waals surface area contributed by atoms with Gasteiger partial charge in [0.15, 0.2) is 5.82 Å². The number of hydrogen-bond donors (Lipinski definition) is 2. The molecule has 1 aromatic carbocycles. The molecule has 1 aliphatic carbocycles. The number of aromatic nitrogens is 3. The van der Waals surface area contributed by atoms with E-state index in [0.29, 0.717) is 11.2 Å². The third-order valence-electron chi connectivity index (χ3n) is 3.09. The topological polar surface area (TPSA) is 70.7 Å². The largest absolute Gasteiger partial charge is 0.352 e. The summed E-state index contributed by atoms with van der Waals surface area (Å²) in [7, 11) is 0. The van der Waals surface area contributed by atoms with Gasteiger partial charge in [-0.1, -0.05) is 42.1 Å². The van der Waals surface area contributed by atoms with Gasteiger partial charge in [0.1, 0.15) is 0 Å². The first-order chi connectivity index (χ1) is 9.72. The summed E-state index contributed by atoms with van der Waals surface area (Å²) < 4.78 is 0. The van der Waals surface area contributed by atoms with E-state index in [9.17, 15) is 4.79 Å². The Morgan fingerprint density at radius 1 is 1.40 bits per heavy atom. The number of aromatic amines is 1. The molecule has 0 spiro atoms. The second-order valence-electron chi connectivity index (χ2n) is 4.88. The number of hydrogen-bond acceptors (Lipinski definition) is 4. The van der Waals surface area contributed by atoms with Crippen LogP contribution < -0.4 is 5.32 Å². The van der Waals surface area contributed by atoms with Crippen LogP contribution in [0.4, 0.5) is 0 Å². The van der Waals surface area contributed by atoms with Gasteiger partial charge < -0.3 is 5.32 Å². The fourth-order valence-corrected chi connectivity index (χ4v) is 2.52. The fourth-order valence-electron chi connectivity index (χ4n) is 1.78. The predicted octanol–water partition coefficient (Wildman–Crippen LogP) is 2.23. The van der Waals surface area contributed by atoms with Gasteiger partial charge in [-0.15, -0.1) is 5.10 Å². The Kier molecular flexibility index (Phi) is 3.73. The van der Waals surface area contributed by atoms with Gasteiger partial charge in [0.05, 0.1) is 5.25 Å². The molecule has 6 heteroatoms. The van der Waals surface area contributed by atoms with Gasteiger partial charge in [-0.2, -0.15) is 0 Å². The summed E-state index contributed by atoms with van der Waals surface area (Å²) in [5.41, 5.74) is 0.988. The minimum absolute atomic E-state index is 0.0589. The molecule has 2 N–H and O–H groups in total. The highest BCUT2D eigenvalue weighted by molar-refractivity contribution is 8.00. The first-order valence-corrected chi connectivity index (χ1v) is 7.55. The lowest BCUT2D eigenvalue weighted by Gasteiger charge is -2.08. The molecular formula is C14H16N4OS. The minimum atomic E-state index is -0.185. The summed E-state index contributed by atoms with van der Waals surface area (Å²) >= 11 is 1.37. The molecule has 3 rings (SSSR count). The first-order valence-electron chi connectivity index (χ1n) is 6.67. The number of benzene rings is 1. The van der Waals surface area contributed by atoms with Crippen LogP contribution in [0.25, 0.3) is 11.4 Å². The zero-order chi connectivity index (χ0) is 13.9. The van der Waals surface area contributed by atoms with Crippen molar-refractivity contribution in [3.8, 4) is 11.4 Å². The summed E-state index contributed by atoms with van der Waals surface area (Å²) in [4.78, 5) is 16.3. The molecule has 0 bridgehead atoms. The first kappa shape index (κ1) is 13.2. The van der Waals surface area contributed by atoms with Gasteiger partial charge in [-0.3, -0.25) is 9.89 Å². The Labute approximate surface area is 121 Å². The SMILES string of the molecule is C[C@H](Sc1n[nH]c(-c2ccccc2)n1)C(=O)NC1CC1. The van der Waals surface area contributed by atoms with Crippen LogP contribution in [0.5, 0.6) is 0 Å². The third kappa shape index (κ3) is 3.19. The van der Waals surface area contributed by atoms with E-state index in [4.69, 9.17) is 0 Å². The van der Waals surface area contributed by atoms with Crippen molar-refractivity contribution in [2.24, 2.45) is 0 Å². The monoisotopic (exact) mass is 288 g/mol. The maximum Gasteiger partial charge on any atom is 0.233 e. The molecular weight excluding hydrogens is 272 g/mol. The Morgan fingerprint density at radius 2 is 2.15 bits per heavy atom. The normalized spacial score (nSPS) is 15.8. The van der Waals surface area contributed by atoms with E-state index in [2.05, 4.69) is 20.5 Å². The molecule has 1 atom stereocenters. The smallest absolute Gasteiger partial charge is 0.233 e. The molecule has 0 radical (unpaired) electrons. The molecule has 2 aromatic rings. The van der Waals surface area contributed by atoms with Crippen LogP contribution in [0.2, 0.25) is 0 Å². The molecule has 0 saturated heterocycles. The maximum atomic E-state index is 11.9. The standard InChI is InChI=1S/C14H16N4OS/c1-9(13(19)15-11-7-8-11)20-14-16-12(17-18-14)10-5-3-2-4-6-10/h2-6,9,11H,7-8H2,1H3,(H,15,19)(H,16,17,18)/t9-/m0/s1. The van der Waals surface area contributed by atoms with Gasteiger partial charge >= 0.3 is 0 Å². The Balaban J connectivity index is 1.63. The number of nitrogens with one attached hydrogen (secondary N) is 2. The Hall–Kier alpha value is -1.82. The van der Waals surface area contributed by atoms with Crippen LogP contribution in [0.1, 0.15) is 19.8 Å². The van der Waals surface area contributed by atoms with Crippen LogP contribution in [-0.2, 0) is 4.79 Å². The van der Waals surface area contributed by atoms with Crippen LogP contribution in [0.15, 0.2) is 35.5 Å². The van der Waals surface area contributed by atoms with E-state index in [0.717, 1.165) is 24.2 Å². The van der Waals surface area contributed by atoms with Crippen molar-refractivity contribution in [1.82, 2.24) is 20.5 Å². The average molecular weight is 288 g/mol. The molecule has 0 aliphatic heterocycles. The van der Waals surface area contributed by atoms with Gasteiger partial charge in [0, 0.05) is 11.6 Å². The van der Waals surface area contributed by atoms with E-state index in [1.54, 1.807) is 0 Å². The minimum Gasteiger partial charge on any atom is -0.352 e. The number of carbonyl (C=O) groups is 1. The highest BCUT2D eigenvalue weighted by Gasteiger charge is 2.26. The molecule has 0 unspecified atom stereocenters. The summed E-state index contributed by atoms with van der Waals surface area (Å²) in [5.74, 6) is 0.784. The maximum absolute atomic E-state index is 11.9. The van der Waals surface area contributed by atoms with Crippen molar-refractivity contribution in [3.05, 3.63) is 30.3 Å². The molecule has 1 fully saturated rings. The van der Waals surface area contributed by atoms with E-state index < -0.39 is 0 Å². The van der Waals surface area contributed by atoms with Crippen LogP contribution >= 0.6 is 11.8 Å². The van der Waals surface area contributed by atoms with E-state index >= 15 is 0 Å². The zero-order valence-corrected chi connectivity index (χ0v) is 12.0. The Bertz CT molecular complexity index is 594. The van der Waals surface area contributed by atoms with Crippen LogP contribution in [0.3, 0.4) is 0 Å². The quantitative estimate of drug-likeness (QED) is 0.828. The zero-order valence-electron chi connectivity index (χ0n) is 11.2. The van der Waals surface area contributed by atoms with Crippen LogP contribution in [-0.4, -0.2) is 32.4 Å². The van der Waals surface area contributed by atoms with Crippen molar-refractivity contribution in [2.75, 3.05) is 0 Å². The number of amides is 1. The molecule has 1 heterocycles. The summed E-state index contributed by atoms with van der Waals surface area (Å²) in [6.45, 7) is 1.88. The number of nitrogens with zero attached hydrogens (tertiary/aromatic N) is 2. The van der Waals surface area contributed by atoms with Gasteiger partial charge in [0.25, 0.3) is 0 Å². The van der Waals surface area contributed by atoms with E-state index in [-0.39, 0.29) is 11.2 Å². The third-order valence-corrected chi connectivity index (χ3v) is 4.05. The highest BCUT2D eigenvalue weighted by atomic mass is 32.2. The van der Waals surface area contributed by atoms with Crippen LogP contribution in [0, 0.1) is 0 Å². The lowest BCUT2D eigenvalue weighted by Crippen LogP contribution is -2.32. The lowest BCUT2D eigenvalue weighted by atomic mass is 10.2. The van der Waals surface area contributed by atoms with Crippen molar-refractivity contribution in [1.29, 1.82) is 0 Å². The van der Waals surface area contributed by atoms with E-state index in [1.807, 2.05) is 37.3 Å². The summed E-state index contributed by atoms with van der Waals surface area (Å²) in [6, 6.07) is 10.2. The van der Waals surface area contributed by atoms with Gasteiger partial charge in [0.2, 0.25) is 11.1 Å². The van der Waals surface area contributed by atoms with Gasteiger partial charge in [-0.25, -0.2) is 4.98 Å². The average Bonchev–Trinajstić information content (AvgIpc) is 3.16. The molecule has 1 saturated carbocycles. The molecule has 104 valence electrons. The lowest BCUT2D eigenvalue weighted by molar-refractivity contribution is -0.120. The molecule has 20 heavy (non-hydrogen) atoms. The molecule has 5 nitrogen and oxygen atoms in total. The van der Waals surface area contributed by atoms with Crippen molar-refractivity contribution in [2.45, 2.75) is 36.2 Å². The molecule has 1 amide bonds. The Morgan fingerprint density at radius 3 is 2.85 bits per heavy atom. The number of rotatable bonds is 5. The predicted molar refractivity (Wildman–Crippen MR) is 78.3 cm³/mol. The highest BCUT2D eigenvalue weighted by Crippen LogP contribution is 2.24. The van der Waals surface area contributed by atoms with Gasteiger partial charge in [-0.05, 0) is 19.8 Å². The number of H-pyrrole nitrogens is 1. The second kappa shape index (κ2) is 5.66. The molecule has 1 aromatic heterocycles. The number of thioether (sulfide) groups is 1. The summed E-state index contributed by atoms with van der Waals surface area (Å²) in [6.07, 6.45) is 2.20. The summed E-state index contributed by atoms with van der Waals surface area (Å²) in [5, 5.41) is 10.5. The van der Waals surface area contributed by atoms with Crippen molar-refractivity contribution in [3.63, 3.8) is 0 Å².